The summed E-state index contributed by atoms with van der Waals surface area (Å²) in [4.78, 5) is 38.1. The molecule has 1 heterocycles. The number of ether oxygens (including phenoxy) is 1. The normalized spacial score (nSPS) is 21.0. The molecule has 2 N–H and O–H groups in total. The summed E-state index contributed by atoms with van der Waals surface area (Å²) in [6.07, 6.45) is 0.644. The average molecular weight is 408 g/mol. The predicted octanol–water partition coefficient (Wildman–Crippen LogP) is 3.31. The maximum atomic E-state index is 13.1. The molecular formula is C23H21FN2O4. The van der Waals surface area contributed by atoms with Crippen molar-refractivity contribution in [2.75, 3.05) is 12.4 Å². The number of amides is 2. The van der Waals surface area contributed by atoms with Crippen molar-refractivity contribution in [3.05, 3.63) is 71.2 Å². The van der Waals surface area contributed by atoms with E-state index in [1.807, 2.05) is 24.3 Å². The molecule has 2 atom stereocenters. The van der Waals surface area contributed by atoms with Crippen LogP contribution < -0.4 is 15.4 Å². The number of allylic oxidation sites excluding steroid dienone is 1. The summed E-state index contributed by atoms with van der Waals surface area (Å²) in [5.74, 6) is -1.51. The molecule has 0 fully saturated rings. The maximum Gasteiger partial charge on any atom is 0.232 e. The molecule has 0 bridgehead atoms. The Bertz CT molecular complexity index is 1030. The van der Waals surface area contributed by atoms with Crippen molar-refractivity contribution in [1.82, 2.24) is 5.32 Å². The maximum absolute atomic E-state index is 13.1. The topological polar surface area (TPSA) is 84.5 Å². The molecule has 2 aliphatic rings. The van der Waals surface area contributed by atoms with E-state index in [2.05, 4.69) is 10.6 Å². The lowest BCUT2D eigenvalue weighted by molar-refractivity contribution is -0.129. The Kier molecular flexibility index (Phi) is 5.35. The van der Waals surface area contributed by atoms with Crippen LogP contribution in [-0.2, 0) is 14.4 Å². The number of carbonyl (C=O) groups excluding carboxylic acids is 3. The van der Waals surface area contributed by atoms with Gasteiger partial charge in [0.2, 0.25) is 11.8 Å². The van der Waals surface area contributed by atoms with E-state index < -0.39 is 17.6 Å². The van der Waals surface area contributed by atoms with Crippen molar-refractivity contribution < 1.29 is 23.5 Å². The smallest absolute Gasteiger partial charge is 0.232 e. The molecule has 30 heavy (non-hydrogen) atoms. The second-order valence-corrected chi connectivity index (χ2v) is 7.49. The van der Waals surface area contributed by atoms with Crippen molar-refractivity contribution in [1.29, 1.82) is 0 Å². The van der Waals surface area contributed by atoms with Gasteiger partial charge in [-0.3, -0.25) is 14.4 Å². The van der Waals surface area contributed by atoms with Gasteiger partial charge in [0, 0.05) is 29.8 Å². The molecule has 2 amide bonds. The highest BCUT2D eigenvalue weighted by Crippen LogP contribution is 2.39. The van der Waals surface area contributed by atoms with Gasteiger partial charge in [-0.25, -0.2) is 4.39 Å². The predicted molar refractivity (Wildman–Crippen MR) is 108 cm³/mol. The number of carbonyl (C=O) groups is 3. The quantitative estimate of drug-likeness (QED) is 0.813. The van der Waals surface area contributed by atoms with Crippen LogP contribution >= 0.6 is 0 Å². The van der Waals surface area contributed by atoms with Crippen LogP contribution in [0.1, 0.15) is 30.7 Å². The minimum Gasteiger partial charge on any atom is -0.497 e. The van der Waals surface area contributed by atoms with Gasteiger partial charge in [-0.1, -0.05) is 12.1 Å². The van der Waals surface area contributed by atoms with Crippen molar-refractivity contribution in [3.8, 4) is 5.75 Å². The molecule has 0 saturated carbocycles. The van der Waals surface area contributed by atoms with Gasteiger partial charge in [0.1, 0.15) is 11.6 Å². The number of hydrogen-bond donors (Lipinski definition) is 2. The number of ketones is 1. The summed E-state index contributed by atoms with van der Waals surface area (Å²) in [7, 11) is 1.59. The molecule has 7 heteroatoms. The Balaban J connectivity index is 1.58. The minimum atomic E-state index is -0.858. The van der Waals surface area contributed by atoms with Crippen LogP contribution in [0.3, 0.4) is 0 Å². The Morgan fingerprint density at radius 3 is 2.40 bits per heavy atom. The molecule has 0 spiro atoms. The summed E-state index contributed by atoms with van der Waals surface area (Å²) in [6.45, 7) is 0. The van der Waals surface area contributed by atoms with E-state index in [9.17, 15) is 18.8 Å². The van der Waals surface area contributed by atoms with Gasteiger partial charge in [-0.15, -0.1) is 0 Å². The molecule has 0 radical (unpaired) electrons. The zero-order valence-electron chi connectivity index (χ0n) is 16.4. The number of nitrogens with one attached hydrogen (secondary N) is 2. The number of rotatable bonds is 4. The van der Waals surface area contributed by atoms with Crippen LogP contribution in [0.15, 0.2) is 59.8 Å². The van der Waals surface area contributed by atoms with Gasteiger partial charge in [0.05, 0.1) is 13.0 Å². The average Bonchev–Trinajstić information content (AvgIpc) is 2.74. The second kappa shape index (κ2) is 8.10. The fraction of sp³-hybridized carbons (Fsp3) is 0.261. The second-order valence-electron chi connectivity index (χ2n) is 7.49. The highest BCUT2D eigenvalue weighted by atomic mass is 19.1. The lowest BCUT2D eigenvalue weighted by Crippen LogP contribution is -2.43. The molecule has 2 aromatic rings. The summed E-state index contributed by atoms with van der Waals surface area (Å²) >= 11 is 0. The van der Waals surface area contributed by atoms with E-state index in [4.69, 9.17) is 4.74 Å². The third-order valence-electron chi connectivity index (χ3n) is 5.55. The van der Waals surface area contributed by atoms with Gasteiger partial charge < -0.3 is 15.4 Å². The monoisotopic (exact) mass is 408 g/mol. The number of methoxy groups -OCH3 is 1. The number of anilines is 1. The number of halogens is 1. The minimum absolute atomic E-state index is 0.0821. The summed E-state index contributed by atoms with van der Waals surface area (Å²) in [5, 5.41) is 5.48. The molecule has 1 aliphatic carbocycles. The van der Waals surface area contributed by atoms with Crippen molar-refractivity contribution in [3.63, 3.8) is 0 Å². The van der Waals surface area contributed by atoms with Crippen LogP contribution in [0.4, 0.5) is 10.1 Å². The van der Waals surface area contributed by atoms with Gasteiger partial charge in [-0.05, 0) is 54.3 Å². The van der Waals surface area contributed by atoms with Gasteiger partial charge in [-0.2, -0.15) is 0 Å². The van der Waals surface area contributed by atoms with E-state index in [0.29, 0.717) is 23.4 Å². The largest absolute Gasteiger partial charge is 0.497 e. The summed E-state index contributed by atoms with van der Waals surface area (Å²) in [5.41, 5.74) is 2.28. The van der Waals surface area contributed by atoms with E-state index in [1.54, 1.807) is 7.11 Å². The molecule has 2 aromatic carbocycles. The lowest BCUT2D eigenvalue weighted by atomic mass is 9.75. The first-order valence-electron chi connectivity index (χ1n) is 9.71. The molecule has 154 valence electrons. The first-order chi connectivity index (χ1) is 14.4. The van der Waals surface area contributed by atoms with Crippen LogP contribution in [0.25, 0.3) is 0 Å². The van der Waals surface area contributed by atoms with Crippen molar-refractivity contribution in [2.24, 2.45) is 5.92 Å². The number of hydrogen-bond acceptors (Lipinski definition) is 4. The van der Waals surface area contributed by atoms with E-state index in [-0.39, 0.29) is 30.4 Å². The molecule has 1 aliphatic heterocycles. The molecule has 0 unspecified atom stereocenters. The van der Waals surface area contributed by atoms with E-state index >= 15 is 0 Å². The molecule has 4 rings (SSSR count). The van der Waals surface area contributed by atoms with E-state index in [1.165, 1.54) is 24.3 Å². The summed E-state index contributed by atoms with van der Waals surface area (Å²) in [6, 6.07) is 12.8. The molecular weight excluding hydrogens is 387 g/mol. The third kappa shape index (κ3) is 3.96. The fourth-order valence-corrected chi connectivity index (χ4v) is 4.06. The third-order valence-corrected chi connectivity index (χ3v) is 5.55. The van der Waals surface area contributed by atoms with E-state index in [0.717, 1.165) is 11.3 Å². The van der Waals surface area contributed by atoms with Gasteiger partial charge >= 0.3 is 0 Å². The SMILES string of the molecule is COc1ccc([C@@H]2CC(=O)C3=C(C2)NC(=O)C[C@H]3C(=O)Nc2ccc(F)cc2)cc1. The number of Topliss-reactive ketones (excluding diaryl/α,β-unsaturated/α-hetero) is 1. The van der Waals surface area contributed by atoms with Crippen molar-refractivity contribution in [2.45, 2.75) is 25.2 Å². The van der Waals surface area contributed by atoms with Crippen LogP contribution in [0, 0.1) is 11.7 Å². The summed E-state index contributed by atoms with van der Waals surface area (Å²) < 4.78 is 18.3. The zero-order valence-corrected chi connectivity index (χ0v) is 16.4. The molecule has 0 aromatic heterocycles. The fourth-order valence-electron chi connectivity index (χ4n) is 4.06. The van der Waals surface area contributed by atoms with Crippen LogP contribution in [-0.4, -0.2) is 24.7 Å². The Morgan fingerprint density at radius 2 is 1.73 bits per heavy atom. The first kappa shape index (κ1) is 19.8. The molecule has 6 nitrogen and oxygen atoms in total. The highest BCUT2D eigenvalue weighted by molar-refractivity contribution is 6.09. The van der Waals surface area contributed by atoms with Crippen LogP contribution in [0.2, 0.25) is 0 Å². The Labute approximate surface area is 173 Å². The zero-order chi connectivity index (χ0) is 21.3. The Morgan fingerprint density at radius 1 is 1.03 bits per heavy atom. The van der Waals surface area contributed by atoms with Crippen LogP contribution in [0.5, 0.6) is 5.75 Å². The van der Waals surface area contributed by atoms with Gasteiger partial charge in [0.15, 0.2) is 5.78 Å². The molecule has 0 saturated heterocycles. The highest BCUT2D eigenvalue weighted by Gasteiger charge is 2.40. The lowest BCUT2D eigenvalue weighted by Gasteiger charge is -2.33. The van der Waals surface area contributed by atoms with Gasteiger partial charge in [0.25, 0.3) is 0 Å². The number of benzene rings is 2. The first-order valence-corrected chi connectivity index (χ1v) is 9.71. The van der Waals surface area contributed by atoms with Crippen molar-refractivity contribution >= 4 is 23.3 Å². The standard InChI is InChI=1S/C23H21FN2O4/c1-30-17-8-2-13(3-9-17)14-10-19-22(20(27)11-14)18(12-21(28)26-19)23(29)25-16-6-4-15(24)5-7-16/h2-9,14,18H,10-12H2,1H3,(H,25,29)(H,26,28)/t14-,18+/m0/s1. The Hall–Kier alpha value is -3.48.